The number of carbonyl (C=O) groups is 1. The summed E-state index contributed by atoms with van der Waals surface area (Å²) < 4.78 is 6.00. The Labute approximate surface area is 129 Å². The van der Waals surface area contributed by atoms with Gasteiger partial charge in [0, 0.05) is 19.2 Å². The lowest BCUT2D eigenvalue weighted by Gasteiger charge is -2.29. The number of nitrogens with zero attached hydrogens (tertiary/aromatic N) is 3. The van der Waals surface area contributed by atoms with Gasteiger partial charge in [0.1, 0.15) is 10.8 Å². The molecule has 1 saturated heterocycles. The normalized spacial score (nSPS) is 15.8. The number of pyridine rings is 1. The number of aromatic nitrogens is 1. The third kappa shape index (κ3) is 4.03. The minimum absolute atomic E-state index is 0.169. The Morgan fingerprint density at radius 1 is 1.57 bits per heavy atom. The zero-order valence-electron chi connectivity index (χ0n) is 11.1. The van der Waals surface area contributed by atoms with Crippen LogP contribution in [0, 0.1) is 16.0 Å². The summed E-state index contributed by atoms with van der Waals surface area (Å²) in [7, 11) is 0. The maximum Gasteiger partial charge on any atom is 0.407 e. The highest BCUT2D eigenvalue weighted by Crippen LogP contribution is 2.29. The van der Waals surface area contributed by atoms with E-state index in [-0.39, 0.29) is 17.4 Å². The molecule has 114 valence electrons. The molecule has 9 heteroatoms. The van der Waals surface area contributed by atoms with E-state index in [2.05, 4.69) is 20.9 Å². The van der Waals surface area contributed by atoms with Crippen LogP contribution in [0.1, 0.15) is 12.8 Å². The van der Waals surface area contributed by atoms with Gasteiger partial charge in [-0.15, -0.1) is 0 Å². The van der Waals surface area contributed by atoms with Crippen molar-refractivity contribution >= 4 is 27.7 Å². The molecule has 0 spiro atoms. The predicted octanol–water partition coefficient (Wildman–Crippen LogP) is 2.52. The topological polar surface area (TPSA) is 106 Å². The van der Waals surface area contributed by atoms with E-state index in [0.29, 0.717) is 37.1 Å². The fraction of sp³-hybridized carbons (Fsp3) is 0.500. The molecule has 1 aromatic heterocycles. The molecular formula is C12H14BrN3O5. The molecule has 2 heterocycles. The molecular weight excluding hydrogens is 346 g/mol. The number of hydrogen-bond donors (Lipinski definition) is 1. The summed E-state index contributed by atoms with van der Waals surface area (Å²) in [5, 5.41) is 19.8. The van der Waals surface area contributed by atoms with Crippen molar-refractivity contribution in [3.63, 3.8) is 0 Å². The van der Waals surface area contributed by atoms with E-state index in [4.69, 9.17) is 9.84 Å². The van der Waals surface area contributed by atoms with Gasteiger partial charge in [0.2, 0.25) is 5.75 Å². The van der Waals surface area contributed by atoms with E-state index in [1.54, 1.807) is 0 Å². The van der Waals surface area contributed by atoms with Crippen LogP contribution in [0.3, 0.4) is 0 Å². The molecule has 1 fully saturated rings. The molecule has 8 nitrogen and oxygen atoms in total. The van der Waals surface area contributed by atoms with Crippen LogP contribution in [-0.4, -0.2) is 45.7 Å². The average Bonchev–Trinajstić information content (AvgIpc) is 2.45. The molecule has 1 aromatic rings. The Kier molecular flexibility index (Phi) is 4.94. The Bertz CT molecular complexity index is 546. The molecule has 1 N–H and O–H groups in total. The first-order chi connectivity index (χ1) is 9.97. The van der Waals surface area contributed by atoms with Crippen LogP contribution < -0.4 is 4.74 Å². The van der Waals surface area contributed by atoms with Gasteiger partial charge in [-0.2, -0.15) is 0 Å². The van der Waals surface area contributed by atoms with E-state index < -0.39 is 11.0 Å². The zero-order valence-corrected chi connectivity index (χ0v) is 12.7. The van der Waals surface area contributed by atoms with Crippen LogP contribution in [-0.2, 0) is 0 Å². The number of carboxylic acid groups (broad SMARTS) is 1. The second kappa shape index (κ2) is 6.70. The van der Waals surface area contributed by atoms with Crippen molar-refractivity contribution in [2.24, 2.45) is 5.92 Å². The Hall–Kier alpha value is -1.90. The predicted molar refractivity (Wildman–Crippen MR) is 76.4 cm³/mol. The van der Waals surface area contributed by atoms with Gasteiger partial charge in [-0.25, -0.2) is 9.78 Å². The third-order valence-corrected chi connectivity index (χ3v) is 3.80. The lowest BCUT2D eigenvalue weighted by atomic mass is 9.98. The monoisotopic (exact) mass is 359 g/mol. The number of piperidine rings is 1. The van der Waals surface area contributed by atoms with Gasteiger partial charge < -0.3 is 14.7 Å². The first-order valence-corrected chi connectivity index (χ1v) is 7.17. The van der Waals surface area contributed by atoms with Crippen molar-refractivity contribution in [2.45, 2.75) is 12.8 Å². The van der Waals surface area contributed by atoms with Crippen LogP contribution in [0.4, 0.5) is 10.5 Å². The maximum atomic E-state index is 10.9. The Morgan fingerprint density at radius 2 is 2.24 bits per heavy atom. The first kappa shape index (κ1) is 15.5. The van der Waals surface area contributed by atoms with Gasteiger partial charge in [-0.3, -0.25) is 10.1 Å². The van der Waals surface area contributed by atoms with Crippen molar-refractivity contribution in [1.29, 1.82) is 0 Å². The lowest BCUT2D eigenvalue weighted by molar-refractivity contribution is -0.386. The number of ether oxygens (including phenoxy) is 1. The van der Waals surface area contributed by atoms with Crippen molar-refractivity contribution in [1.82, 2.24) is 9.88 Å². The molecule has 0 atom stereocenters. The van der Waals surface area contributed by atoms with Gasteiger partial charge >= 0.3 is 11.8 Å². The van der Waals surface area contributed by atoms with Gasteiger partial charge in [-0.05, 0) is 34.7 Å². The molecule has 21 heavy (non-hydrogen) atoms. The lowest BCUT2D eigenvalue weighted by Crippen LogP contribution is -2.38. The van der Waals surface area contributed by atoms with Crippen LogP contribution in [0.25, 0.3) is 0 Å². The van der Waals surface area contributed by atoms with E-state index in [1.807, 2.05) is 0 Å². The largest absolute Gasteiger partial charge is 0.486 e. The highest BCUT2D eigenvalue weighted by molar-refractivity contribution is 9.10. The molecule has 1 aliphatic heterocycles. The van der Waals surface area contributed by atoms with E-state index in [1.165, 1.54) is 11.0 Å². The molecule has 1 aliphatic rings. The number of rotatable bonds is 4. The summed E-state index contributed by atoms with van der Waals surface area (Å²) in [4.78, 5) is 26.3. The van der Waals surface area contributed by atoms with Crippen LogP contribution in [0.2, 0.25) is 0 Å². The fourth-order valence-electron chi connectivity index (χ4n) is 2.16. The summed E-state index contributed by atoms with van der Waals surface area (Å²) >= 11 is 3.15. The minimum atomic E-state index is -0.914. The Balaban J connectivity index is 1.93. The Morgan fingerprint density at radius 3 is 2.81 bits per heavy atom. The van der Waals surface area contributed by atoms with Crippen molar-refractivity contribution in [3.8, 4) is 5.75 Å². The SMILES string of the molecule is O=C(O)N1CCC(COc2cc(Br)ncc2[N+](=O)[O-])CC1. The molecule has 0 saturated carbocycles. The summed E-state index contributed by atoms with van der Waals surface area (Å²) in [5.74, 6) is 0.356. The zero-order chi connectivity index (χ0) is 15.4. The fourth-order valence-corrected chi connectivity index (χ4v) is 2.47. The molecule has 0 bridgehead atoms. The minimum Gasteiger partial charge on any atom is -0.486 e. The number of nitro groups is 1. The number of amides is 1. The average molecular weight is 360 g/mol. The van der Waals surface area contributed by atoms with Gasteiger partial charge in [0.05, 0.1) is 11.5 Å². The quantitative estimate of drug-likeness (QED) is 0.502. The number of hydrogen-bond acceptors (Lipinski definition) is 5. The van der Waals surface area contributed by atoms with E-state index in [0.717, 1.165) is 6.20 Å². The highest BCUT2D eigenvalue weighted by Gasteiger charge is 2.24. The van der Waals surface area contributed by atoms with Crippen LogP contribution in [0.5, 0.6) is 5.75 Å². The van der Waals surface area contributed by atoms with Crippen molar-refractivity contribution < 1.29 is 19.6 Å². The first-order valence-electron chi connectivity index (χ1n) is 6.38. The van der Waals surface area contributed by atoms with Crippen LogP contribution >= 0.6 is 15.9 Å². The number of halogens is 1. The molecule has 2 rings (SSSR count). The van der Waals surface area contributed by atoms with Crippen LogP contribution in [0.15, 0.2) is 16.9 Å². The van der Waals surface area contributed by atoms with E-state index >= 15 is 0 Å². The second-order valence-corrected chi connectivity index (χ2v) is 5.57. The molecule has 1 amide bonds. The van der Waals surface area contributed by atoms with E-state index in [9.17, 15) is 14.9 Å². The van der Waals surface area contributed by atoms with Crippen molar-refractivity contribution in [3.05, 3.63) is 27.0 Å². The highest BCUT2D eigenvalue weighted by atomic mass is 79.9. The number of likely N-dealkylation sites (tertiary alicyclic amines) is 1. The summed E-state index contributed by atoms with van der Waals surface area (Å²) in [6.07, 6.45) is 1.61. The summed E-state index contributed by atoms with van der Waals surface area (Å²) in [6, 6.07) is 1.46. The third-order valence-electron chi connectivity index (χ3n) is 3.37. The van der Waals surface area contributed by atoms with Gasteiger partial charge in [0.15, 0.2) is 0 Å². The second-order valence-electron chi connectivity index (χ2n) is 4.76. The molecule has 0 unspecified atom stereocenters. The maximum absolute atomic E-state index is 10.9. The molecule has 0 aliphatic carbocycles. The smallest absolute Gasteiger partial charge is 0.407 e. The molecule has 0 aromatic carbocycles. The summed E-state index contributed by atoms with van der Waals surface area (Å²) in [5.41, 5.74) is -0.179. The van der Waals surface area contributed by atoms with Gasteiger partial charge in [0.25, 0.3) is 0 Å². The standard InChI is InChI=1S/C12H14BrN3O5/c13-11-5-10(9(6-14-11)16(19)20)21-7-8-1-3-15(4-2-8)12(17)18/h5-6,8H,1-4,7H2,(H,17,18). The molecule has 0 radical (unpaired) electrons. The van der Waals surface area contributed by atoms with Crippen molar-refractivity contribution in [2.75, 3.05) is 19.7 Å². The van der Waals surface area contributed by atoms with Gasteiger partial charge in [-0.1, -0.05) is 0 Å². The summed E-state index contributed by atoms with van der Waals surface area (Å²) in [6.45, 7) is 1.25.